The summed E-state index contributed by atoms with van der Waals surface area (Å²) in [5.74, 6) is 1.27. The van der Waals surface area contributed by atoms with E-state index in [1.54, 1.807) is 7.11 Å². The lowest BCUT2D eigenvalue weighted by Gasteiger charge is -2.16. The highest BCUT2D eigenvalue weighted by Crippen LogP contribution is 2.26. The molecule has 0 spiro atoms. The summed E-state index contributed by atoms with van der Waals surface area (Å²) in [6, 6.07) is 6.03. The van der Waals surface area contributed by atoms with Gasteiger partial charge in [0.25, 0.3) is 0 Å². The minimum atomic E-state index is 0.296. The average Bonchev–Trinajstić information content (AvgIpc) is 2.73. The van der Waals surface area contributed by atoms with Gasteiger partial charge in [0, 0.05) is 24.8 Å². The van der Waals surface area contributed by atoms with Gasteiger partial charge in [0.1, 0.15) is 5.82 Å². The number of hydrogen-bond donors (Lipinski definition) is 0. The summed E-state index contributed by atoms with van der Waals surface area (Å²) in [5, 5.41) is 0.692. The van der Waals surface area contributed by atoms with Crippen molar-refractivity contribution in [2.75, 3.05) is 13.7 Å². The van der Waals surface area contributed by atoms with Crippen molar-refractivity contribution in [3.05, 3.63) is 29.0 Å². The molecule has 0 aliphatic carbocycles. The Morgan fingerprint density at radius 1 is 1.44 bits per heavy atom. The minimum Gasteiger partial charge on any atom is -0.385 e. The molecule has 1 aromatic carbocycles. The zero-order chi connectivity index (χ0) is 13.1. The van der Waals surface area contributed by atoms with E-state index in [0.717, 1.165) is 29.9 Å². The van der Waals surface area contributed by atoms with Gasteiger partial charge in [-0.15, -0.1) is 11.6 Å². The monoisotopic (exact) mass is 286 g/mol. The van der Waals surface area contributed by atoms with Gasteiger partial charge in [-0.25, -0.2) is 4.98 Å². The first-order valence-corrected chi connectivity index (χ1v) is 6.80. The molecule has 2 rings (SSSR count). The second kappa shape index (κ2) is 5.91. The number of ether oxygens (including phenoxy) is 1. The van der Waals surface area contributed by atoms with Crippen LogP contribution in [0.25, 0.3) is 11.0 Å². The molecule has 0 fully saturated rings. The molecule has 0 bridgehead atoms. The van der Waals surface area contributed by atoms with E-state index >= 15 is 0 Å². The zero-order valence-corrected chi connectivity index (χ0v) is 12.0. The number of methoxy groups -OCH3 is 1. The molecule has 0 radical (unpaired) electrons. The van der Waals surface area contributed by atoms with E-state index in [9.17, 15) is 0 Å². The van der Waals surface area contributed by atoms with Crippen LogP contribution in [0.15, 0.2) is 18.2 Å². The molecule has 1 atom stereocenters. The van der Waals surface area contributed by atoms with Gasteiger partial charge in [0.2, 0.25) is 0 Å². The Balaban J connectivity index is 2.46. The fourth-order valence-electron chi connectivity index (χ4n) is 2.13. The van der Waals surface area contributed by atoms with Crippen LogP contribution in [0.2, 0.25) is 5.02 Å². The van der Waals surface area contributed by atoms with Gasteiger partial charge < -0.3 is 9.30 Å². The Morgan fingerprint density at radius 2 is 2.22 bits per heavy atom. The zero-order valence-electron chi connectivity index (χ0n) is 10.5. The average molecular weight is 287 g/mol. The molecule has 2 aromatic rings. The van der Waals surface area contributed by atoms with Crippen LogP contribution >= 0.6 is 23.2 Å². The van der Waals surface area contributed by atoms with Gasteiger partial charge in [0.15, 0.2) is 0 Å². The SMILES string of the molecule is COCCC(C)n1c(CCl)nc2cc(Cl)ccc21. The molecule has 1 unspecified atom stereocenters. The third-order valence-electron chi connectivity index (χ3n) is 3.02. The summed E-state index contributed by atoms with van der Waals surface area (Å²) in [4.78, 5) is 4.53. The number of nitrogens with zero attached hydrogens (tertiary/aromatic N) is 2. The predicted octanol–water partition coefficient (Wildman–Crippen LogP) is 4.03. The quantitative estimate of drug-likeness (QED) is 0.776. The van der Waals surface area contributed by atoms with Crippen LogP contribution in [0.5, 0.6) is 0 Å². The van der Waals surface area contributed by atoms with Gasteiger partial charge in [-0.05, 0) is 31.5 Å². The summed E-state index contributed by atoms with van der Waals surface area (Å²) in [5.41, 5.74) is 1.96. The molecule has 0 saturated heterocycles. The molecule has 1 aromatic heterocycles. The maximum Gasteiger partial charge on any atom is 0.125 e. The van der Waals surface area contributed by atoms with E-state index in [-0.39, 0.29) is 0 Å². The highest BCUT2D eigenvalue weighted by molar-refractivity contribution is 6.31. The standard InChI is InChI=1S/C13H16Cl2N2O/c1-9(5-6-18-2)17-12-4-3-10(15)7-11(12)16-13(17)8-14/h3-4,7,9H,5-6,8H2,1-2H3. The van der Waals surface area contributed by atoms with E-state index in [4.69, 9.17) is 27.9 Å². The normalized spacial score (nSPS) is 13.1. The lowest BCUT2D eigenvalue weighted by Crippen LogP contribution is -2.10. The van der Waals surface area contributed by atoms with Crippen LogP contribution in [-0.2, 0) is 10.6 Å². The van der Waals surface area contributed by atoms with Crippen LogP contribution < -0.4 is 0 Å². The maximum atomic E-state index is 5.98. The predicted molar refractivity (Wildman–Crippen MR) is 75.5 cm³/mol. The number of alkyl halides is 1. The second-order valence-electron chi connectivity index (χ2n) is 4.30. The second-order valence-corrected chi connectivity index (χ2v) is 5.00. The van der Waals surface area contributed by atoms with Gasteiger partial charge in [-0.3, -0.25) is 0 Å². The lowest BCUT2D eigenvalue weighted by atomic mass is 10.2. The molecular formula is C13H16Cl2N2O. The van der Waals surface area contributed by atoms with Crippen LogP contribution in [0, 0.1) is 0 Å². The first kappa shape index (κ1) is 13.7. The van der Waals surface area contributed by atoms with Gasteiger partial charge >= 0.3 is 0 Å². The summed E-state index contributed by atoms with van der Waals surface area (Å²) < 4.78 is 7.29. The van der Waals surface area contributed by atoms with E-state index in [1.807, 2.05) is 18.2 Å². The topological polar surface area (TPSA) is 27.1 Å². The highest BCUT2D eigenvalue weighted by atomic mass is 35.5. The maximum absolute atomic E-state index is 5.98. The largest absolute Gasteiger partial charge is 0.385 e. The number of fused-ring (bicyclic) bond motifs is 1. The Kier molecular flexibility index (Phi) is 4.49. The van der Waals surface area contributed by atoms with E-state index in [1.165, 1.54) is 0 Å². The Labute approximate surface area is 117 Å². The molecular weight excluding hydrogens is 271 g/mol. The molecule has 1 heterocycles. The molecule has 0 saturated carbocycles. The van der Waals surface area contributed by atoms with Gasteiger partial charge in [-0.2, -0.15) is 0 Å². The fourth-order valence-corrected chi connectivity index (χ4v) is 2.48. The number of imidazole rings is 1. The van der Waals surface area contributed by atoms with Gasteiger partial charge in [0.05, 0.1) is 16.9 Å². The lowest BCUT2D eigenvalue weighted by molar-refractivity contribution is 0.181. The van der Waals surface area contributed by atoms with E-state index in [0.29, 0.717) is 16.9 Å². The molecule has 18 heavy (non-hydrogen) atoms. The molecule has 0 aliphatic rings. The van der Waals surface area contributed by atoms with Crippen molar-refractivity contribution in [1.82, 2.24) is 9.55 Å². The first-order chi connectivity index (χ1) is 8.67. The number of rotatable bonds is 5. The van der Waals surface area contributed by atoms with Crippen molar-refractivity contribution in [1.29, 1.82) is 0 Å². The van der Waals surface area contributed by atoms with Crippen molar-refractivity contribution >= 4 is 34.2 Å². The summed E-state index contributed by atoms with van der Waals surface area (Å²) in [6.07, 6.45) is 0.925. The van der Waals surface area contributed by atoms with Crippen LogP contribution in [0.4, 0.5) is 0 Å². The van der Waals surface area contributed by atoms with E-state index < -0.39 is 0 Å². The van der Waals surface area contributed by atoms with Crippen molar-refractivity contribution in [2.45, 2.75) is 25.3 Å². The Bertz CT molecular complexity index is 539. The van der Waals surface area contributed by atoms with Crippen molar-refractivity contribution in [3.63, 3.8) is 0 Å². The first-order valence-electron chi connectivity index (χ1n) is 5.88. The van der Waals surface area contributed by atoms with Crippen LogP contribution in [0.1, 0.15) is 25.2 Å². The number of benzene rings is 1. The fraction of sp³-hybridized carbons (Fsp3) is 0.462. The van der Waals surface area contributed by atoms with Crippen LogP contribution in [0.3, 0.4) is 0 Å². The Morgan fingerprint density at radius 3 is 2.89 bits per heavy atom. The highest BCUT2D eigenvalue weighted by Gasteiger charge is 2.15. The van der Waals surface area contributed by atoms with Crippen molar-refractivity contribution in [2.24, 2.45) is 0 Å². The van der Waals surface area contributed by atoms with Crippen molar-refractivity contribution in [3.8, 4) is 0 Å². The molecule has 0 aliphatic heterocycles. The number of aromatic nitrogens is 2. The molecule has 0 amide bonds. The summed E-state index contributed by atoms with van der Waals surface area (Å²) >= 11 is 12.0. The molecule has 5 heteroatoms. The molecule has 0 N–H and O–H groups in total. The molecule has 98 valence electrons. The third-order valence-corrected chi connectivity index (χ3v) is 3.50. The smallest absolute Gasteiger partial charge is 0.125 e. The summed E-state index contributed by atoms with van der Waals surface area (Å²) in [7, 11) is 1.71. The third kappa shape index (κ3) is 2.63. The van der Waals surface area contributed by atoms with E-state index in [2.05, 4.69) is 16.5 Å². The minimum absolute atomic E-state index is 0.296. The van der Waals surface area contributed by atoms with Crippen LogP contribution in [-0.4, -0.2) is 23.3 Å². The summed E-state index contributed by atoms with van der Waals surface area (Å²) in [6.45, 7) is 2.86. The van der Waals surface area contributed by atoms with Crippen molar-refractivity contribution < 1.29 is 4.74 Å². The number of halogens is 2. The Hall–Kier alpha value is -0.770. The van der Waals surface area contributed by atoms with Gasteiger partial charge in [-0.1, -0.05) is 11.6 Å². The number of hydrogen-bond acceptors (Lipinski definition) is 2. The molecule has 3 nitrogen and oxygen atoms in total.